The van der Waals surface area contributed by atoms with Gasteiger partial charge in [-0.15, -0.1) is 0 Å². The highest BCUT2D eigenvalue weighted by molar-refractivity contribution is 6.28. The highest BCUT2D eigenvalue weighted by Crippen LogP contribution is 2.30. The van der Waals surface area contributed by atoms with E-state index in [1.807, 2.05) is 6.92 Å². The molecule has 0 radical (unpaired) electrons. The van der Waals surface area contributed by atoms with E-state index in [2.05, 4.69) is 21.8 Å². The van der Waals surface area contributed by atoms with Crippen LogP contribution in [-0.2, 0) is 4.74 Å². The Labute approximate surface area is 94.2 Å². The lowest BCUT2D eigenvalue weighted by Gasteiger charge is -2.47. The largest absolute Gasteiger partial charge is 0.375 e. The summed E-state index contributed by atoms with van der Waals surface area (Å²) in [5, 5.41) is 0.293. The number of anilines is 1. The fraction of sp³-hybridized carbons (Fsp3) is 0.600. The third-order valence-electron chi connectivity index (χ3n) is 2.76. The molecule has 0 spiro atoms. The van der Waals surface area contributed by atoms with Gasteiger partial charge in [0, 0.05) is 32.0 Å². The summed E-state index contributed by atoms with van der Waals surface area (Å²) in [6, 6.07) is 0. The number of halogens is 1. The molecule has 0 atom stereocenters. The van der Waals surface area contributed by atoms with Gasteiger partial charge < -0.3 is 9.64 Å². The Hall–Kier alpha value is -0.870. The van der Waals surface area contributed by atoms with Gasteiger partial charge in [0.1, 0.15) is 5.82 Å². The molecular formula is C10H14ClN3O. The Morgan fingerprint density at radius 3 is 2.80 bits per heavy atom. The van der Waals surface area contributed by atoms with E-state index in [-0.39, 0.29) is 5.60 Å². The van der Waals surface area contributed by atoms with Gasteiger partial charge in [0.2, 0.25) is 5.28 Å². The summed E-state index contributed by atoms with van der Waals surface area (Å²) in [4.78, 5) is 10.3. The van der Waals surface area contributed by atoms with Crippen LogP contribution in [0.2, 0.25) is 5.28 Å². The lowest BCUT2D eigenvalue weighted by molar-refractivity contribution is -0.0172. The molecule has 0 amide bonds. The molecule has 1 aromatic rings. The van der Waals surface area contributed by atoms with Crippen molar-refractivity contribution in [3.05, 3.63) is 17.0 Å². The first-order chi connectivity index (χ1) is 7.04. The maximum Gasteiger partial charge on any atom is 0.224 e. The third kappa shape index (κ3) is 1.92. The van der Waals surface area contributed by atoms with Gasteiger partial charge in [0.15, 0.2) is 0 Å². The predicted octanol–water partition coefficient (Wildman–Crippen LogP) is 1.66. The molecule has 2 rings (SSSR count). The van der Waals surface area contributed by atoms with Crippen molar-refractivity contribution in [3.63, 3.8) is 0 Å². The summed E-state index contributed by atoms with van der Waals surface area (Å²) in [5.74, 6) is 0.907. The van der Waals surface area contributed by atoms with Crippen molar-refractivity contribution in [1.82, 2.24) is 9.97 Å². The second kappa shape index (κ2) is 3.61. The van der Waals surface area contributed by atoms with E-state index in [0.717, 1.165) is 24.5 Å². The summed E-state index contributed by atoms with van der Waals surface area (Å²) in [5.41, 5.74) is 0.988. The van der Waals surface area contributed by atoms with Crippen LogP contribution in [0.25, 0.3) is 0 Å². The van der Waals surface area contributed by atoms with Crippen molar-refractivity contribution in [2.24, 2.45) is 0 Å². The number of rotatable bonds is 2. The maximum atomic E-state index is 5.77. The highest BCUT2D eigenvalue weighted by atomic mass is 35.5. The van der Waals surface area contributed by atoms with Crippen molar-refractivity contribution in [2.75, 3.05) is 25.1 Å². The average molecular weight is 228 g/mol. The Balaban J connectivity index is 2.16. The van der Waals surface area contributed by atoms with Crippen LogP contribution in [0.15, 0.2) is 6.20 Å². The topological polar surface area (TPSA) is 38.2 Å². The number of hydrogen-bond donors (Lipinski definition) is 0. The summed E-state index contributed by atoms with van der Waals surface area (Å²) < 4.78 is 5.38. The summed E-state index contributed by atoms with van der Waals surface area (Å²) in [7, 11) is 1.73. The first kappa shape index (κ1) is 10.6. The molecule has 1 fully saturated rings. The minimum atomic E-state index is -0.0517. The molecule has 0 N–H and O–H groups in total. The van der Waals surface area contributed by atoms with E-state index in [1.165, 1.54) is 0 Å². The first-order valence-electron chi connectivity index (χ1n) is 4.83. The Kier molecular flexibility index (Phi) is 2.56. The third-order valence-corrected chi connectivity index (χ3v) is 2.94. The van der Waals surface area contributed by atoms with Crippen LogP contribution in [0.3, 0.4) is 0 Å². The molecule has 1 aliphatic rings. The van der Waals surface area contributed by atoms with Gasteiger partial charge in [-0.05, 0) is 25.4 Å². The molecule has 0 aliphatic carbocycles. The first-order valence-corrected chi connectivity index (χ1v) is 5.21. The Morgan fingerprint density at radius 1 is 1.53 bits per heavy atom. The number of hydrogen-bond acceptors (Lipinski definition) is 4. The average Bonchev–Trinajstić information content (AvgIpc) is 2.17. The molecule has 1 saturated heterocycles. The standard InChI is InChI=1S/C10H14ClN3O/c1-7-4-12-9(11)13-8(7)14-5-10(2,6-14)15-3/h4H,5-6H2,1-3H3. The zero-order valence-electron chi connectivity index (χ0n) is 9.12. The molecule has 0 bridgehead atoms. The Bertz CT molecular complexity index is 377. The van der Waals surface area contributed by atoms with Gasteiger partial charge in [0.05, 0.1) is 5.60 Å². The van der Waals surface area contributed by atoms with Crippen LogP contribution >= 0.6 is 11.6 Å². The van der Waals surface area contributed by atoms with E-state index >= 15 is 0 Å². The normalized spacial score (nSPS) is 18.8. The molecule has 0 saturated carbocycles. The molecule has 5 heteroatoms. The monoisotopic (exact) mass is 227 g/mol. The van der Waals surface area contributed by atoms with Gasteiger partial charge >= 0.3 is 0 Å². The summed E-state index contributed by atoms with van der Waals surface area (Å²) in [6.45, 7) is 5.76. The predicted molar refractivity (Wildman–Crippen MR) is 59.4 cm³/mol. The molecule has 0 unspecified atom stereocenters. The molecule has 82 valence electrons. The molecule has 1 aromatic heterocycles. The number of aryl methyl sites for hydroxylation is 1. The van der Waals surface area contributed by atoms with Gasteiger partial charge in [-0.2, -0.15) is 0 Å². The maximum absolute atomic E-state index is 5.77. The van der Waals surface area contributed by atoms with Crippen LogP contribution in [0, 0.1) is 6.92 Å². The minimum Gasteiger partial charge on any atom is -0.375 e. The highest BCUT2D eigenvalue weighted by Gasteiger charge is 2.40. The molecule has 15 heavy (non-hydrogen) atoms. The molecule has 4 nitrogen and oxygen atoms in total. The van der Waals surface area contributed by atoms with Gasteiger partial charge in [-0.3, -0.25) is 0 Å². The Morgan fingerprint density at radius 2 is 2.20 bits per heavy atom. The lowest BCUT2D eigenvalue weighted by atomic mass is 9.96. The quantitative estimate of drug-likeness (QED) is 0.721. The summed E-state index contributed by atoms with van der Waals surface area (Å²) >= 11 is 5.77. The second-order valence-corrected chi connectivity index (χ2v) is 4.49. The summed E-state index contributed by atoms with van der Waals surface area (Å²) in [6.07, 6.45) is 1.74. The van der Waals surface area contributed by atoms with Crippen LogP contribution in [-0.4, -0.2) is 35.8 Å². The van der Waals surface area contributed by atoms with Crippen molar-refractivity contribution < 1.29 is 4.74 Å². The number of methoxy groups -OCH3 is 1. The van der Waals surface area contributed by atoms with Crippen molar-refractivity contribution in [2.45, 2.75) is 19.4 Å². The van der Waals surface area contributed by atoms with E-state index in [1.54, 1.807) is 13.3 Å². The van der Waals surface area contributed by atoms with Crippen LogP contribution in [0.4, 0.5) is 5.82 Å². The van der Waals surface area contributed by atoms with E-state index in [0.29, 0.717) is 5.28 Å². The smallest absolute Gasteiger partial charge is 0.224 e. The molecule has 0 aromatic carbocycles. The van der Waals surface area contributed by atoms with Gasteiger partial charge in [-0.1, -0.05) is 0 Å². The number of ether oxygens (including phenoxy) is 1. The zero-order valence-corrected chi connectivity index (χ0v) is 9.88. The number of nitrogens with zero attached hydrogens (tertiary/aromatic N) is 3. The van der Waals surface area contributed by atoms with E-state index < -0.39 is 0 Å². The molecule has 2 heterocycles. The lowest BCUT2D eigenvalue weighted by Crippen LogP contribution is -2.61. The van der Waals surface area contributed by atoms with Crippen molar-refractivity contribution in [3.8, 4) is 0 Å². The second-order valence-electron chi connectivity index (χ2n) is 4.16. The van der Waals surface area contributed by atoms with Crippen molar-refractivity contribution in [1.29, 1.82) is 0 Å². The van der Waals surface area contributed by atoms with E-state index in [9.17, 15) is 0 Å². The van der Waals surface area contributed by atoms with Crippen LogP contribution in [0.5, 0.6) is 0 Å². The molecule has 1 aliphatic heterocycles. The zero-order chi connectivity index (χ0) is 11.1. The fourth-order valence-electron chi connectivity index (χ4n) is 1.77. The van der Waals surface area contributed by atoms with Gasteiger partial charge in [-0.25, -0.2) is 9.97 Å². The number of aromatic nitrogens is 2. The molecular weight excluding hydrogens is 214 g/mol. The van der Waals surface area contributed by atoms with E-state index in [4.69, 9.17) is 16.3 Å². The van der Waals surface area contributed by atoms with Crippen molar-refractivity contribution >= 4 is 17.4 Å². The minimum absolute atomic E-state index is 0.0517. The fourth-order valence-corrected chi connectivity index (χ4v) is 1.90. The van der Waals surface area contributed by atoms with Crippen LogP contribution < -0.4 is 4.90 Å². The SMILES string of the molecule is COC1(C)CN(c2nc(Cl)ncc2C)C1. The van der Waals surface area contributed by atoms with Crippen LogP contribution in [0.1, 0.15) is 12.5 Å². The van der Waals surface area contributed by atoms with Gasteiger partial charge in [0.25, 0.3) is 0 Å².